The molecule has 0 heterocycles. The lowest BCUT2D eigenvalue weighted by atomic mass is 9.88. The zero-order valence-corrected chi connectivity index (χ0v) is 22.1. The molecule has 9 nitrogen and oxygen atoms in total. The number of nitrogens with one attached hydrogen (secondary N) is 1. The van der Waals surface area contributed by atoms with Gasteiger partial charge in [0.1, 0.15) is 24.6 Å². The predicted molar refractivity (Wildman–Crippen MR) is 135 cm³/mol. The number of carbonyl (C=O) groups excluding carboxylic acids is 2. The van der Waals surface area contributed by atoms with E-state index in [4.69, 9.17) is 19.3 Å². The Bertz CT molecular complexity index is 833. The van der Waals surface area contributed by atoms with Crippen molar-refractivity contribution in [2.24, 2.45) is 0 Å². The van der Waals surface area contributed by atoms with Crippen LogP contribution in [-0.2, 0) is 19.1 Å². The van der Waals surface area contributed by atoms with E-state index in [2.05, 4.69) is 27.9 Å². The molecule has 0 spiro atoms. The second kappa shape index (κ2) is 14.6. The van der Waals surface area contributed by atoms with Gasteiger partial charge in [-0.25, -0.2) is 0 Å². The van der Waals surface area contributed by atoms with Gasteiger partial charge in [-0.1, -0.05) is 12.1 Å². The Morgan fingerprint density at radius 2 is 2.03 bits per heavy atom. The number of rotatable bonds is 13. The Balaban J connectivity index is 2.32. The third-order valence-electron chi connectivity index (χ3n) is 5.30. The summed E-state index contributed by atoms with van der Waals surface area (Å²) in [6.45, 7) is 4.43. The SMILES string of the molecule is COCC(=O)N(CCCOC(C)C)[C@@H]1CC(C(=O)NCCO)=C[C@H](Oc2ccccc2I)[C@H]1O. The van der Waals surface area contributed by atoms with Gasteiger partial charge in [-0.2, -0.15) is 0 Å². The molecule has 1 aromatic rings. The molecule has 0 aliphatic heterocycles. The van der Waals surface area contributed by atoms with Crippen molar-refractivity contribution in [3.8, 4) is 5.75 Å². The van der Waals surface area contributed by atoms with E-state index >= 15 is 0 Å². The maximum Gasteiger partial charge on any atom is 0.248 e. The zero-order chi connectivity index (χ0) is 25.1. The van der Waals surface area contributed by atoms with Gasteiger partial charge in [0.2, 0.25) is 11.8 Å². The van der Waals surface area contributed by atoms with Crippen molar-refractivity contribution in [1.82, 2.24) is 10.2 Å². The van der Waals surface area contributed by atoms with E-state index < -0.39 is 18.2 Å². The minimum atomic E-state index is -1.07. The molecule has 2 rings (SSSR count). The van der Waals surface area contributed by atoms with Crippen molar-refractivity contribution >= 4 is 34.4 Å². The lowest BCUT2D eigenvalue weighted by Gasteiger charge is -2.40. The van der Waals surface area contributed by atoms with Crippen LogP contribution in [0.5, 0.6) is 5.75 Å². The van der Waals surface area contributed by atoms with Crippen LogP contribution in [0.15, 0.2) is 35.9 Å². The minimum Gasteiger partial charge on any atom is -0.482 e. The summed E-state index contributed by atoms with van der Waals surface area (Å²) in [5.74, 6) is -0.0926. The van der Waals surface area contributed by atoms with E-state index in [-0.39, 0.29) is 44.1 Å². The molecule has 10 heteroatoms. The smallest absolute Gasteiger partial charge is 0.248 e. The minimum absolute atomic E-state index is 0.0688. The third-order valence-corrected chi connectivity index (χ3v) is 6.19. The Morgan fingerprint density at radius 1 is 1.29 bits per heavy atom. The van der Waals surface area contributed by atoms with Crippen LogP contribution in [0.25, 0.3) is 0 Å². The summed E-state index contributed by atoms with van der Waals surface area (Å²) >= 11 is 2.14. The molecule has 3 N–H and O–H groups in total. The Kier molecular flexibility index (Phi) is 12.3. The van der Waals surface area contributed by atoms with Crippen LogP contribution in [0.1, 0.15) is 26.7 Å². The fourth-order valence-corrected chi connectivity index (χ4v) is 4.22. The summed E-state index contributed by atoms with van der Waals surface area (Å²) < 4.78 is 17.6. The predicted octanol–water partition coefficient (Wildman–Crippen LogP) is 1.50. The van der Waals surface area contributed by atoms with Gasteiger partial charge in [-0.3, -0.25) is 9.59 Å². The molecule has 0 bridgehead atoms. The van der Waals surface area contributed by atoms with Crippen molar-refractivity contribution in [3.63, 3.8) is 0 Å². The monoisotopic (exact) mass is 590 g/mol. The van der Waals surface area contributed by atoms with Gasteiger partial charge in [0.25, 0.3) is 0 Å². The molecule has 0 aromatic heterocycles. The van der Waals surface area contributed by atoms with Crippen LogP contribution >= 0.6 is 22.6 Å². The molecule has 0 saturated carbocycles. The molecule has 190 valence electrons. The zero-order valence-electron chi connectivity index (χ0n) is 19.9. The van der Waals surface area contributed by atoms with Crippen LogP contribution < -0.4 is 10.1 Å². The summed E-state index contributed by atoms with van der Waals surface area (Å²) in [6.07, 6.45) is 0.447. The van der Waals surface area contributed by atoms with Crippen molar-refractivity contribution in [1.29, 1.82) is 0 Å². The van der Waals surface area contributed by atoms with Gasteiger partial charge in [-0.05, 0) is 61.1 Å². The lowest BCUT2D eigenvalue weighted by molar-refractivity contribution is -0.142. The lowest BCUT2D eigenvalue weighted by Crippen LogP contribution is -2.56. The van der Waals surface area contributed by atoms with Crippen molar-refractivity contribution < 1.29 is 34.0 Å². The normalized spacial score (nSPS) is 20.1. The van der Waals surface area contributed by atoms with Crippen LogP contribution in [0, 0.1) is 3.57 Å². The van der Waals surface area contributed by atoms with Crippen molar-refractivity contribution in [2.75, 3.05) is 40.0 Å². The molecule has 1 aromatic carbocycles. The van der Waals surface area contributed by atoms with Gasteiger partial charge >= 0.3 is 0 Å². The molecule has 0 unspecified atom stereocenters. The summed E-state index contributed by atoms with van der Waals surface area (Å²) in [5.41, 5.74) is 0.383. The second-order valence-corrected chi connectivity index (χ2v) is 9.40. The van der Waals surface area contributed by atoms with Gasteiger partial charge in [0, 0.05) is 38.8 Å². The molecule has 1 aliphatic rings. The number of para-hydroxylation sites is 1. The fourth-order valence-electron chi connectivity index (χ4n) is 3.70. The highest BCUT2D eigenvalue weighted by Gasteiger charge is 2.40. The molecular formula is C24H35IN2O7. The van der Waals surface area contributed by atoms with Crippen LogP contribution in [0.3, 0.4) is 0 Å². The third kappa shape index (κ3) is 8.49. The highest BCUT2D eigenvalue weighted by molar-refractivity contribution is 14.1. The first kappa shape index (κ1) is 28.5. The number of halogens is 1. The van der Waals surface area contributed by atoms with Gasteiger partial charge < -0.3 is 34.6 Å². The average Bonchev–Trinajstić information content (AvgIpc) is 2.80. The largest absolute Gasteiger partial charge is 0.482 e. The van der Waals surface area contributed by atoms with Crippen LogP contribution in [-0.4, -0.2) is 91.3 Å². The maximum atomic E-state index is 12.9. The van der Waals surface area contributed by atoms with Crippen LogP contribution in [0.2, 0.25) is 0 Å². The van der Waals surface area contributed by atoms with Gasteiger partial charge in [0.15, 0.2) is 0 Å². The van der Waals surface area contributed by atoms with Crippen LogP contribution in [0.4, 0.5) is 0 Å². The van der Waals surface area contributed by atoms with Gasteiger partial charge in [-0.15, -0.1) is 0 Å². The molecular weight excluding hydrogens is 555 g/mol. The number of hydrogen-bond donors (Lipinski definition) is 3. The highest BCUT2D eigenvalue weighted by atomic mass is 127. The Morgan fingerprint density at radius 3 is 2.68 bits per heavy atom. The number of aliphatic hydroxyl groups excluding tert-OH is 2. The summed E-state index contributed by atoms with van der Waals surface area (Å²) in [4.78, 5) is 27.2. The van der Waals surface area contributed by atoms with E-state index in [1.807, 2.05) is 32.0 Å². The summed E-state index contributed by atoms with van der Waals surface area (Å²) in [5, 5.41) is 23.0. The standard InChI is InChI=1S/C24H35IN2O7/c1-16(2)33-12-6-10-27(22(29)15-32-3)19-13-17(24(31)26-9-11-28)14-21(23(19)30)34-20-8-5-4-7-18(20)25/h4-5,7-8,14,16,19,21,23,28,30H,6,9-13,15H2,1-3H3,(H,26,31)/t19-,21+,23+/m1/s1. The number of benzene rings is 1. The highest BCUT2D eigenvalue weighted by Crippen LogP contribution is 2.29. The first-order valence-corrected chi connectivity index (χ1v) is 12.4. The second-order valence-electron chi connectivity index (χ2n) is 8.24. The average molecular weight is 590 g/mol. The summed E-state index contributed by atoms with van der Waals surface area (Å²) in [7, 11) is 1.44. The number of methoxy groups -OCH3 is 1. The number of ether oxygens (including phenoxy) is 3. The van der Waals surface area contributed by atoms with E-state index in [1.165, 1.54) is 7.11 Å². The molecule has 3 atom stereocenters. The quantitative estimate of drug-likeness (QED) is 0.236. The van der Waals surface area contributed by atoms with Crippen molar-refractivity contribution in [3.05, 3.63) is 39.5 Å². The van der Waals surface area contributed by atoms with Gasteiger partial charge in [0.05, 0.1) is 22.3 Å². The van der Waals surface area contributed by atoms with E-state index in [1.54, 1.807) is 17.0 Å². The molecule has 1 aliphatic carbocycles. The molecule has 0 radical (unpaired) electrons. The molecule has 0 saturated heterocycles. The molecule has 34 heavy (non-hydrogen) atoms. The maximum absolute atomic E-state index is 12.9. The van der Waals surface area contributed by atoms with Crippen molar-refractivity contribution in [2.45, 2.75) is 51.0 Å². The first-order chi connectivity index (χ1) is 16.3. The van der Waals surface area contributed by atoms with E-state index in [0.717, 1.165) is 3.57 Å². The number of amides is 2. The van der Waals surface area contributed by atoms with E-state index in [9.17, 15) is 14.7 Å². The molecule has 0 fully saturated rings. The topological polar surface area (TPSA) is 118 Å². The summed E-state index contributed by atoms with van der Waals surface area (Å²) in [6, 6.07) is 6.67. The Hall–Kier alpha value is -1.73. The van der Waals surface area contributed by atoms with E-state index in [0.29, 0.717) is 30.9 Å². The molecule has 2 amide bonds. The fraction of sp³-hybridized carbons (Fsp3) is 0.583. The first-order valence-electron chi connectivity index (χ1n) is 11.4. The number of carbonyl (C=O) groups is 2. The Labute approximate surface area is 214 Å². The number of hydrogen-bond acceptors (Lipinski definition) is 7. The number of aliphatic hydroxyl groups is 2. The number of nitrogens with zero attached hydrogens (tertiary/aromatic N) is 1.